The van der Waals surface area contributed by atoms with Crippen LogP contribution in [0.15, 0.2) is 57.9 Å². The minimum absolute atomic E-state index is 0. The number of benzene rings is 2. The third-order valence-corrected chi connectivity index (χ3v) is 15.0. The van der Waals surface area contributed by atoms with Gasteiger partial charge in [-0.1, -0.05) is 0 Å². The van der Waals surface area contributed by atoms with Gasteiger partial charge in [-0.05, 0) is 0 Å². The van der Waals surface area contributed by atoms with Crippen LogP contribution in [0.1, 0.15) is 58.0 Å². The van der Waals surface area contributed by atoms with E-state index in [1.807, 2.05) is 6.49 Å². The van der Waals surface area contributed by atoms with Crippen molar-refractivity contribution in [2.75, 3.05) is 0 Å². The minimum atomic E-state index is -1.91. The molecule has 0 spiro atoms. The Morgan fingerprint density at radius 1 is 0.821 bits per heavy atom. The normalized spacial score (nSPS) is 16.6. The standard InChI is InChI=1S/C15H13.C5H8.C5H5.2ClH.Zr/c1-10-3-5-12-9-13-6-4-11(2)8-15(13)14(12)7-10;2*1-2-4-5-3-1;;;/h3-9H,1-2H3;1-4H2;1-3H,4H2;2*1H;/q;;;;;+2/p-2. The summed E-state index contributed by atoms with van der Waals surface area (Å²) in [7, 11) is 0. The number of hydrogen-bond donors (Lipinski definition) is 0. The van der Waals surface area contributed by atoms with Gasteiger partial charge in [-0.15, -0.1) is 0 Å². The fourth-order valence-corrected chi connectivity index (χ4v) is 14.6. The SMILES string of the molecule is Cc1ccc2c(c1)-c1cc(C)ccc1[CH]2[Zr+2]([C]1=CC=CC1)=[C]1CCCC1.[Cl-].[Cl-]. The van der Waals surface area contributed by atoms with E-state index >= 15 is 0 Å². The van der Waals surface area contributed by atoms with Gasteiger partial charge in [0.25, 0.3) is 0 Å². The summed E-state index contributed by atoms with van der Waals surface area (Å²) in [5.41, 5.74) is 9.10. The predicted octanol–water partition coefficient (Wildman–Crippen LogP) is 0.590. The fourth-order valence-electron chi connectivity index (χ4n) is 5.12. The zero-order valence-corrected chi connectivity index (χ0v) is 20.5. The van der Waals surface area contributed by atoms with Gasteiger partial charge in [0.2, 0.25) is 0 Å². The Morgan fingerprint density at radius 3 is 1.89 bits per heavy atom. The van der Waals surface area contributed by atoms with Crippen LogP contribution in [0, 0.1) is 13.8 Å². The first-order chi connectivity index (χ1) is 12.7. The zero-order chi connectivity index (χ0) is 17.7. The van der Waals surface area contributed by atoms with Crippen molar-refractivity contribution in [1.29, 1.82) is 0 Å². The smallest absolute Gasteiger partial charge is 1.00 e. The van der Waals surface area contributed by atoms with Gasteiger partial charge < -0.3 is 24.8 Å². The van der Waals surface area contributed by atoms with Gasteiger partial charge in [0.05, 0.1) is 0 Å². The Labute approximate surface area is 189 Å². The van der Waals surface area contributed by atoms with Crippen molar-refractivity contribution >= 4 is 3.21 Å². The van der Waals surface area contributed by atoms with E-state index in [9.17, 15) is 0 Å². The Kier molecular flexibility index (Phi) is 7.02. The van der Waals surface area contributed by atoms with E-state index in [1.54, 1.807) is 11.1 Å². The van der Waals surface area contributed by atoms with Crippen molar-refractivity contribution < 1.29 is 46.1 Å². The molecule has 144 valence electrons. The van der Waals surface area contributed by atoms with Crippen molar-refractivity contribution in [1.82, 2.24) is 0 Å². The van der Waals surface area contributed by atoms with E-state index in [0.717, 1.165) is 0 Å². The number of rotatable bonds is 2. The summed E-state index contributed by atoms with van der Waals surface area (Å²) in [6.07, 6.45) is 14.1. The van der Waals surface area contributed by atoms with Crippen molar-refractivity contribution in [3.63, 3.8) is 0 Å². The van der Waals surface area contributed by atoms with Crippen LogP contribution in [-0.4, -0.2) is 3.21 Å². The fraction of sp³-hybridized carbons (Fsp3) is 0.320. The Morgan fingerprint density at radius 2 is 1.39 bits per heavy atom. The minimum Gasteiger partial charge on any atom is -1.00 e. The van der Waals surface area contributed by atoms with Crippen LogP contribution < -0.4 is 24.8 Å². The molecule has 0 radical (unpaired) electrons. The maximum atomic E-state index is 2.49. The summed E-state index contributed by atoms with van der Waals surface area (Å²) in [6.45, 7) is 4.47. The molecular formula is C25H26Cl2Zr. The zero-order valence-electron chi connectivity index (χ0n) is 16.6. The molecule has 1 saturated carbocycles. The molecule has 28 heavy (non-hydrogen) atoms. The molecule has 0 atom stereocenters. The molecule has 1 fully saturated rings. The molecule has 0 unspecified atom stereocenters. The number of halogens is 2. The van der Waals surface area contributed by atoms with Gasteiger partial charge in [-0.2, -0.15) is 0 Å². The molecule has 0 heterocycles. The quantitative estimate of drug-likeness (QED) is 0.581. The van der Waals surface area contributed by atoms with E-state index in [1.165, 1.54) is 54.4 Å². The summed E-state index contributed by atoms with van der Waals surface area (Å²) in [5, 5.41) is 0. The van der Waals surface area contributed by atoms with Crippen molar-refractivity contribution in [2.24, 2.45) is 0 Å². The molecule has 3 aliphatic rings. The second-order valence-electron chi connectivity index (χ2n) is 8.16. The van der Waals surface area contributed by atoms with Crippen molar-refractivity contribution in [3.8, 4) is 11.1 Å². The number of hydrogen-bond acceptors (Lipinski definition) is 0. The van der Waals surface area contributed by atoms with Gasteiger partial charge >= 0.3 is 165 Å². The average Bonchev–Trinajstić information content (AvgIpc) is 3.38. The van der Waals surface area contributed by atoms with E-state index in [4.69, 9.17) is 0 Å². The van der Waals surface area contributed by atoms with Gasteiger partial charge in [0.15, 0.2) is 0 Å². The van der Waals surface area contributed by atoms with Crippen LogP contribution in [0.3, 0.4) is 0 Å². The molecule has 0 N–H and O–H groups in total. The van der Waals surface area contributed by atoms with E-state index in [0.29, 0.717) is 3.63 Å². The second kappa shape index (κ2) is 8.95. The number of allylic oxidation sites excluding steroid dienone is 4. The molecule has 0 amide bonds. The summed E-state index contributed by atoms with van der Waals surface area (Å²) in [6, 6.07) is 14.5. The summed E-state index contributed by atoms with van der Waals surface area (Å²) in [5.74, 6) is 0. The van der Waals surface area contributed by atoms with E-state index in [2.05, 4.69) is 68.5 Å². The van der Waals surface area contributed by atoms with Crippen molar-refractivity contribution in [2.45, 2.75) is 49.6 Å². The molecule has 0 aliphatic heterocycles. The van der Waals surface area contributed by atoms with Gasteiger partial charge in [-0.3, -0.25) is 0 Å². The van der Waals surface area contributed by atoms with Gasteiger partial charge in [0.1, 0.15) is 0 Å². The molecule has 5 rings (SSSR count). The summed E-state index contributed by atoms with van der Waals surface area (Å²) in [4.78, 5) is 0. The predicted molar refractivity (Wildman–Crippen MR) is 109 cm³/mol. The summed E-state index contributed by atoms with van der Waals surface area (Å²) < 4.78 is 4.52. The monoisotopic (exact) mass is 486 g/mol. The Balaban J connectivity index is 0.00000112. The van der Waals surface area contributed by atoms with Gasteiger partial charge in [-0.25, -0.2) is 0 Å². The first-order valence-corrected chi connectivity index (χ1v) is 13.9. The second-order valence-corrected chi connectivity index (χ2v) is 14.9. The van der Waals surface area contributed by atoms with Crippen LogP contribution >= 0.6 is 0 Å². The topological polar surface area (TPSA) is 0 Å². The molecule has 2 aromatic carbocycles. The first kappa shape index (κ1) is 21.9. The Bertz CT molecular complexity index is 938. The molecule has 3 aliphatic carbocycles. The molecule has 2 aromatic rings. The van der Waals surface area contributed by atoms with Crippen LogP contribution in [0.25, 0.3) is 11.1 Å². The largest absolute Gasteiger partial charge is 1.00 e. The molecule has 3 heteroatoms. The molecule has 0 aromatic heterocycles. The molecule has 0 nitrogen and oxygen atoms in total. The van der Waals surface area contributed by atoms with Crippen LogP contribution in [0.2, 0.25) is 0 Å². The summed E-state index contributed by atoms with van der Waals surface area (Å²) >= 11 is -1.91. The third kappa shape index (κ3) is 3.71. The molecule has 0 saturated heterocycles. The maximum absolute atomic E-state index is 2.49. The van der Waals surface area contributed by atoms with E-state index < -0.39 is 21.3 Å². The maximum Gasteiger partial charge on any atom is -1.00 e. The third-order valence-electron chi connectivity index (χ3n) is 6.32. The first-order valence-electron chi connectivity index (χ1n) is 10.0. The average molecular weight is 489 g/mol. The van der Waals surface area contributed by atoms with Crippen LogP contribution in [0.5, 0.6) is 0 Å². The van der Waals surface area contributed by atoms with Gasteiger partial charge in [0, 0.05) is 0 Å². The van der Waals surface area contributed by atoms with E-state index in [-0.39, 0.29) is 24.8 Å². The molecular weight excluding hydrogens is 462 g/mol. The van der Waals surface area contributed by atoms with Crippen molar-refractivity contribution in [3.05, 3.63) is 80.2 Å². The molecule has 0 bridgehead atoms. The Hall–Kier alpha value is -0.747. The van der Waals surface area contributed by atoms with Crippen LogP contribution in [0.4, 0.5) is 0 Å². The number of aryl methyl sites for hydroxylation is 2. The number of fused-ring (bicyclic) bond motifs is 3. The van der Waals surface area contributed by atoms with Crippen LogP contribution in [-0.2, 0) is 21.3 Å².